The predicted octanol–water partition coefficient (Wildman–Crippen LogP) is 2.70. The molecular weight excluding hydrogens is 368 g/mol. The summed E-state index contributed by atoms with van der Waals surface area (Å²) in [5, 5.41) is 0. The van der Waals surface area contributed by atoms with E-state index in [0.29, 0.717) is 0 Å². The van der Waals surface area contributed by atoms with Gasteiger partial charge in [0, 0.05) is 17.4 Å². The molecule has 0 N–H and O–H groups in total. The van der Waals surface area contributed by atoms with E-state index in [0.717, 1.165) is 0 Å². The Morgan fingerprint density at radius 3 is 1.26 bits per heavy atom. The van der Waals surface area contributed by atoms with Crippen LogP contribution < -0.4 is 0 Å². The van der Waals surface area contributed by atoms with E-state index in [-0.39, 0.29) is 17.4 Å². The summed E-state index contributed by atoms with van der Waals surface area (Å²) in [7, 11) is -1.68. The van der Waals surface area contributed by atoms with Crippen molar-refractivity contribution in [2.45, 2.75) is 19.6 Å². The molecule has 0 aliphatic rings. The maximum Gasteiger partial charge on any atom is 0 e. The van der Waals surface area contributed by atoms with Crippen molar-refractivity contribution in [3.05, 3.63) is 56.4 Å². The molecule has 0 aromatic carbocycles. The van der Waals surface area contributed by atoms with Gasteiger partial charge in [-0.05, 0) is 0 Å². The minimum atomic E-state index is -1.68. The fraction of sp³-hybridized carbons (Fsp3) is 0.231. The molecule has 0 saturated heterocycles. The van der Waals surface area contributed by atoms with Crippen LogP contribution in [-0.2, 0) is 40.6 Å². The molecule has 0 radical (unpaired) electrons. The van der Waals surface area contributed by atoms with Gasteiger partial charge in [0.25, 0.3) is 0 Å². The van der Waals surface area contributed by atoms with Gasteiger partial charge in [-0.2, -0.15) is 0 Å². The minimum absolute atomic E-state index is 0. The molecule has 0 aliphatic carbocycles. The fourth-order valence-electron chi connectivity index (χ4n) is 0.343. The standard InChI is InChI=1S/C8H9F2NSi.5CO.Cr/c1-11-8(10)7(9)5-6-12(2,3)4;5*1-2;/h2-4H3;;;;;;/b8-7+;;;;;;. The summed E-state index contributed by atoms with van der Waals surface area (Å²) in [5.41, 5.74) is 2.61. The van der Waals surface area contributed by atoms with Crippen molar-refractivity contribution in [3.8, 4) is 11.5 Å². The topological polar surface area (TPSA) is 104 Å². The number of rotatable bonds is 0. The molecule has 0 spiro atoms. The fourth-order valence-corrected chi connectivity index (χ4v) is 0.828. The Balaban J connectivity index is -0.0000000396. The van der Waals surface area contributed by atoms with Crippen molar-refractivity contribution in [1.82, 2.24) is 0 Å². The van der Waals surface area contributed by atoms with Gasteiger partial charge in [0.05, 0.1) is 6.57 Å². The smallest absolute Gasteiger partial charge is 0 e. The molecule has 120 valence electrons. The summed E-state index contributed by atoms with van der Waals surface area (Å²) in [6.45, 7) is 34.4. The van der Waals surface area contributed by atoms with E-state index in [2.05, 4.69) is 43.6 Å². The van der Waals surface area contributed by atoms with E-state index < -0.39 is 19.9 Å². The van der Waals surface area contributed by atoms with Gasteiger partial charge in [-0.25, -0.2) is 13.6 Å². The molecule has 0 saturated carbocycles. The van der Waals surface area contributed by atoms with E-state index in [1.165, 1.54) is 0 Å². The van der Waals surface area contributed by atoms with Crippen LogP contribution in [0.15, 0.2) is 11.8 Å². The summed E-state index contributed by atoms with van der Waals surface area (Å²) in [4.78, 5) is 2.29. The first-order valence-electron chi connectivity index (χ1n) is 4.35. The Morgan fingerprint density at radius 1 is 0.826 bits per heavy atom. The second-order valence-corrected chi connectivity index (χ2v) is 7.97. The molecule has 0 aromatic heterocycles. The van der Waals surface area contributed by atoms with Crippen molar-refractivity contribution in [3.63, 3.8) is 0 Å². The quantitative estimate of drug-likeness (QED) is 0.204. The Bertz CT molecular complexity index is 465. The van der Waals surface area contributed by atoms with Gasteiger partial charge in [-0.1, -0.05) is 25.6 Å². The average Bonchev–Trinajstić information content (AvgIpc) is 2.60. The van der Waals surface area contributed by atoms with Crippen LogP contribution in [0.2, 0.25) is 19.6 Å². The van der Waals surface area contributed by atoms with Gasteiger partial charge in [0.2, 0.25) is 5.83 Å². The third-order valence-electron chi connectivity index (χ3n) is 0.827. The number of halogens is 2. The average molecular weight is 377 g/mol. The van der Waals surface area contributed by atoms with Crippen molar-refractivity contribution in [2.75, 3.05) is 0 Å². The molecule has 0 rings (SSSR count). The molecule has 0 unspecified atom stereocenters. The third-order valence-corrected chi connectivity index (χ3v) is 1.70. The van der Waals surface area contributed by atoms with E-state index >= 15 is 0 Å². The molecule has 10 heteroatoms. The number of allylic oxidation sites excluding steroid dienone is 1. The largest absolute Gasteiger partial charge is 0 e. The van der Waals surface area contributed by atoms with Crippen LogP contribution in [0, 0.1) is 51.3 Å². The molecule has 0 atom stereocenters. The summed E-state index contributed by atoms with van der Waals surface area (Å²) in [5.74, 6) is -0.705. The third kappa shape index (κ3) is 64.6. The van der Waals surface area contributed by atoms with Crippen molar-refractivity contribution < 1.29 is 49.4 Å². The second kappa shape index (κ2) is 42.7. The molecule has 0 aliphatic heterocycles. The van der Waals surface area contributed by atoms with E-state index in [9.17, 15) is 8.78 Å². The van der Waals surface area contributed by atoms with Crippen LogP contribution in [0.4, 0.5) is 8.78 Å². The molecule has 23 heavy (non-hydrogen) atoms. The Kier molecular flexibility index (Phi) is 79.7. The van der Waals surface area contributed by atoms with Gasteiger partial charge in [0.1, 0.15) is 8.07 Å². The molecule has 0 aromatic rings. The zero-order valence-corrected chi connectivity index (χ0v) is 14.4. The monoisotopic (exact) mass is 377 g/mol. The van der Waals surface area contributed by atoms with Crippen molar-refractivity contribution in [2.24, 2.45) is 0 Å². The van der Waals surface area contributed by atoms with Crippen molar-refractivity contribution in [1.29, 1.82) is 0 Å². The summed E-state index contributed by atoms with van der Waals surface area (Å²) in [6.07, 6.45) is 0. The molecular formula is C13H9CrF2NO5Si. The second-order valence-electron chi connectivity index (χ2n) is 3.22. The first-order chi connectivity index (χ1) is 10.4. The first-order valence-corrected chi connectivity index (χ1v) is 7.85. The van der Waals surface area contributed by atoms with Gasteiger partial charge in [-0.3, -0.25) is 0 Å². The Hall–Kier alpha value is -1.90. The predicted molar refractivity (Wildman–Crippen MR) is 66.6 cm³/mol. The number of hydrogen-bond donors (Lipinski definition) is 0. The van der Waals surface area contributed by atoms with Gasteiger partial charge >= 0.3 is 62.5 Å². The first kappa shape index (κ1) is 42.9. The van der Waals surface area contributed by atoms with Crippen LogP contribution in [-0.4, -0.2) is 8.07 Å². The summed E-state index contributed by atoms with van der Waals surface area (Å²) in [6, 6.07) is 0. The SMILES string of the molecule is [C-]#[N+]/C(F)=C(/F)C#C[Si](C)(C)C.[C-]#[O+].[C-]#[O+].[C-]#[O+].[C-]#[O+].[C-]#[O+].[Cr]. The maximum absolute atomic E-state index is 12.5. The van der Waals surface area contributed by atoms with Crippen molar-refractivity contribution >= 4 is 8.07 Å². The van der Waals surface area contributed by atoms with Crippen LogP contribution in [0.1, 0.15) is 0 Å². The van der Waals surface area contributed by atoms with Crippen LogP contribution in [0.25, 0.3) is 4.85 Å². The van der Waals surface area contributed by atoms with Crippen LogP contribution in [0.5, 0.6) is 0 Å². The minimum Gasteiger partial charge on any atom is 0 e. The molecule has 0 fully saturated rings. The Labute approximate surface area is 145 Å². The maximum atomic E-state index is 12.5. The summed E-state index contributed by atoms with van der Waals surface area (Å²) >= 11 is 0. The molecule has 0 amide bonds. The number of nitrogens with zero attached hydrogens (tertiary/aromatic N) is 1. The van der Waals surface area contributed by atoms with Crippen LogP contribution >= 0.6 is 0 Å². The molecule has 0 bridgehead atoms. The zero-order chi connectivity index (χ0) is 19.8. The number of hydrogen-bond acceptors (Lipinski definition) is 0. The van der Waals surface area contributed by atoms with E-state index in [1.54, 1.807) is 0 Å². The molecule has 0 heterocycles. The van der Waals surface area contributed by atoms with Gasteiger partial charge < -0.3 is 0 Å². The van der Waals surface area contributed by atoms with Gasteiger partial charge in [0.15, 0.2) is 0 Å². The molecule has 6 nitrogen and oxygen atoms in total. The Morgan fingerprint density at radius 2 is 1.09 bits per heavy atom. The zero-order valence-electron chi connectivity index (χ0n) is 12.2. The van der Waals surface area contributed by atoms with Gasteiger partial charge in [-0.15, -0.1) is 5.54 Å². The summed E-state index contributed by atoms with van der Waals surface area (Å²) < 4.78 is 62.1. The normalized spacial score (nSPS) is 6.87. The van der Waals surface area contributed by atoms with E-state index in [4.69, 9.17) is 29.8 Å². The van der Waals surface area contributed by atoms with Crippen LogP contribution in [0.3, 0.4) is 0 Å². The van der Waals surface area contributed by atoms with E-state index in [1.807, 2.05) is 25.6 Å².